The second-order valence-corrected chi connectivity index (χ2v) is 9.39. The Bertz CT molecular complexity index is 924. The topological polar surface area (TPSA) is 83.5 Å². The van der Waals surface area contributed by atoms with Crippen LogP contribution in [0.25, 0.3) is 0 Å². The fourth-order valence-electron chi connectivity index (χ4n) is 4.88. The predicted octanol–water partition coefficient (Wildman–Crippen LogP) is 3.47. The SMILES string of the molecule is CCOC(=O)C1=CN2C(CC1=O)c1cc(OC)c(OCCCOC)cc1CC2C(C)(C)COC. The van der Waals surface area contributed by atoms with Crippen molar-refractivity contribution in [3.05, 3.63) is 35.0 Å². The first-order valence-corrected chi connectivity index (χ1v) is 11.8. The van der Waals surface area contributed by atoms with Crippen molar-refractivity contribution in [2.24, 2.45) is 5.41 Å². The van der Waals surface area contributed by atoms with Gasteiger partial charge < -0.3 is 28.6 Å². The number of benzene rings is 1. The lowest BCUT2D eigenvalue weighted by molar-refractivity contribution is -0.141. The predicted molar refractivity (Wildman–Crippen MR) is 127 cm³/mol. The molecule has 1 aromatic rings. The van der Waals surface area contributed by atoms with Crippen molar-refractivity contribution in [2.75, 3.05) is 47.8 Å². The molecule has 2 heterocycles. The van der Waals surface area contributed by atoms with Crippen molar-refractivity contribution in [3.8, 4) is 11.5 Å². The maximum atomic E-state index is 13.0. The van der Waals surface area contributed by atoms with Crippen LogP contribution < -0.4 is 9.47 Å². The Morgan fingerprint density at radius 1 is 1.09 bits per heavy atom. The van der Waals surface area contributed by atoms with Crippen LogP contribution >= 0.6 is 0 Å². The highest BCUT2D eigenvalue weighted by atomic mass is 16.5. The van der Waals surface area contributed by atoms with Crippen LogP contribution in [0.2, 0.25) is 0 Å². The van der Waals surface area contributed by atoms with Gasteiger partial charge in [-0.15, -0.1) is 0 Å². The summed E-state index contributed by atoms with van der Waals surface area (Å²) in [4.78, 5) is 27.6. The molecule has 34 heavy (non-hydrogen) atoms. The summed E-state index contributed by atoms with van der Waals surface area (Å²) in [5, 5.41) is 0. The van der Waals surface area contributed by atoms with Crippen LogP contribution in [-0.4, -0.2) is 70.5 Å². The van der Waals surface area contributed by atoms with Crippen LogP contribution in [-0.2, 0) is 30.2 Å². The third-order valence-electron chi connectivity index (χ3n) is 6.54. The number of carbonyl (C=O) groups is 2. The summed E-state index contributed by atoms with van der Waals surface area (Å²) in [7, 11) is 4.96. The molecule has 2 aliphatic heterocycles. The molecule has 0 amide bonds. The van der Waals surface area contributed by atoms with Crippen molar-refractivity contribution >= 4 is 11.8 Å². The van der Waals surface area contributed by atoms with Crippen LogP contribution in [0.4, 0.5) is 0 Å². The first kappa shape index (κ1) is 26.0. The summed E-state index contributed by atoms with van der Waals surface area (Å²) in [5.74, 6) is 0.518. The highest BCUT2D eigenvalue weighted by molar-refractivity contribution is 6.17. The zero-order valence-corrected chi connectivity index (χ0v) is 21.1. The fourth-order valence-corrected chi connectivity index (χ4v) is 4.88. The average Bonchev–Trinajstić information content (AvgIpc) is 2.80. The van der Waals surface area contributed by atoms with Gasteiger partial charge in [-0.3, -0.25) is 4.79 Å². The van der Waals surface area contributed by atoms with E-state index in [2.05, 4.69) is 18.7 Å². The van der Waals surface area contributed by atoms with Crippen LogP contribution in [0, 0.1) is 5.41 Å². The van der Waals surface area contributed by atoms with E-state index in [1.165, 1.54) is 0 Å². The zero-order chi connectivity index (χ0) is 24.9. The number of Topliss-reactive ketones (excluding diaryl/α,β-unsaturated/α-hetero) is 1. The van der Waals surface area contributed by atoms with Gasteiger partial charge in [-0.25, -0.2) is 4.79 Å². The molecule has 2 atom stereocenters. The lowest BCUT2D eigenvalue weighted by Gasteiger charge is -2.50. The van der Waals surface area contributed by atoms with E-state index in [0.717, 1.165) is 17.5 Å². The third kappa shape index (κ3) is 5.39. The Hall–Kier alpha value is -2.58. The van der Waals surface area contributed by atoms with Gasteiger partial charge in [0.15, 0.2) is 17.3 Å². The van der Waals surface area contributed by atoms with E-state index in [1.807, 2.05) is 12.1 Å². The number of rotatable bonds is 11. The third-order valence-corrected chi connectivity index (χ3v) is 6.54. The Kier molecular flexibility index (Phi) is 8.60. The van der Waals surface area contributed by atoms with Crippen LogP contribution in [0.3, 0.4) is 0 Å². The van der Waals surface area contributed by atoms with E-state index in [0.29, 0.717) is 37.7 Å². The monoisotopic (exact) mass is 475 g/mol. The van der Waals surface area contributed by atoms with E-state index in [9.17, 15) is 9.59 Å². The molecular formula is C26H37NO7. The largest absolute Gasteiger partial charge is 0.493 e. The quantitative estimate of drug-likeness (QED) is 0.273. The van der Waals surface area contributed by atoms with Gasteiger partial charge in [0, 0.05) is 51.3 Å². The Morgan fingerprint density at radius 3 is 2.50 bits per heavy atom. The molecule has 0 aliphatic carbocycles. The summed E-state index contributed by atoms with van der Waals surface area (Å²) in [6, 6.07) is 3.78. The van der Waals surface area contributed by atoms with E-state index in [4.69, 9.17) is 23.7 Å². The van der Waals surface area contributed by atoms with Gasteiger partial charge in [-0.2, -0.15) is 0 Å². The molecule has 0 fully saturated rings. The molecule has 2 aliphatic rings. The standard InChI is InChI=1S/C26H37NO7/c1-7-33-25(29)19-15-27-20(14-21(19)28)18-13-22(32-6)23(34-10-8-9-30-4)11-17(18)12-24(27)26(2,3)16-31-5/h11,13,15,20,24H,7-10,12,14,16H2,1-6H3. The minimum atomic E-state index is -0.572. The fraction of sp³-hybridized carbons (Fsp3) is 0.615. The van der Waals surface area contributed by atoms with Gasteiger partial charge in [0.1, 0.15) is 5.57 Å². The molecule has 2 unspecified atom stereocenters. The highest BCUT2D eigenvalue weighted by Crippen LogP contribution is 2.47. The lowest BCUT2D eigenvalue weighted by Crippen LogP contribution is -2.52. The van der Waals surface area contributed by atoms with E-state index < -0.39 is 5.97 Å². The van der Waals surface area contributed by atoms with Gasteiger partial charge in [-0.05, 0) is 36.6 Å². The van der Waals surface area contributed by atoms with Gasteiger partial charge in [0.25, 0.3) is 0 Å². The molecule has 0 spiro atoms. The van der Waals surface area contributed by atoms with Gasteiger partial charge in [0.2, 0.25) is 0 Å². The first-order chi connectivity index (χ1) is 16.3. The zero-order valence-electron chi connectivity index (χ0n) is 21.1. The number of carbonyl (C=O) groups excluding carboxylic acids is 2. The van der Waals surface area contributed by atoms with Crippen LogP contribution in [0.5, 0.6) is 11.5 Å². The molecular weight excluding hydrogens is 438 g/mol. The average molecular weight is 476 g/mol. The number of esters is 1. The smallest absolute Gasteiger partial charge is 0.343 e. The van der Waals surface area contributed by atoms with Crippen molar-refractivity contribution in [1.82, 2.24) is 4.90 Å². The molecule has 0 saturated heterocycles. The molecule has 0 radical (unpaired) electrons. The Balaban J connectivity index is 2.05. The summed E-state index contributed by atoms with van der Waals surface area (Å²) in [6.07, 6.45) is 3.36. The maximum absolute atomic E-state index is 13.0. The van der Waals surface area contributed by atoms with Gasteiger partial charge in [0.05, 0.1) is 33.0 Å². The van der Waals surface area contributed by atoms with E-state index >= 15 is 0 Å². The Labute approximate surface area is 202 Å². The summed E-state index contributed by atoms with van der Waals surface area (Å²) in [6.45, 7) is 7.90. The maximum Gasteiger partial charge on any atom is 0.343 e. The number of hydrogen-bond acceptors (Lipinski definition) is 8. The second kappa shape index (κ2) is 11.2. The number of ketones is 1. The molecule has 3 rings (SSSR count). The number of fused-ring (bicyclic) bond motifs is 3. The first-order valence-electron chi connectivity index (χ1n) is 11.8. The van der Waals surface area contributed by atoms with Gasteiger partial charge in [-0.1, -0.05) is 13.8 Å². The number of hydrogen-bond donors (Lipinski definition) is 0. The molecule has 1 aromatic carbocycles. The summed E-state index contributed by atoms with van der Waals surface area (Å²) >= 11 is 0. The normalized spacial score (nSPS) is 19.8. The molecule has 188 valence electrons. The second-order valence-electron chi connectivity index (χ2n) is 9.39. The van der Waals surface area contributed by atoms with Crippen molar-refractivity contribution in [1.29, 1.82) is 0 Å². The summed E-state index contributed by atoms with van der Waals surface area (Å²) in [5.41, 5.74) is 1.97. The van der Waals surface area contributed by atoms with E-state index in [-0.39, 0.29) is 41.9 Å². The van der Waals surface area contributed by atoms with Gasteiger partial charge >= 0.3 is 5.97 Å². The summed E-state index contributed by atoms with van der Waals surface area (Å²) < 4.78 is 27.4. The minimum Gasteiger partial charge on any atom is -0.493 e. The number of nitrogens with zero attached hydrogens (tertiary/aromatic N) is 1. The molecule has 8 heteroatoms. The van der Waals surface area contributed by atoms with Crippen LogP contribution in [0.15, 0.2) is 23.9 Å². The highest BCUT2D eigenvalue weighted by Gasteiger charge is 2.45. The molecule has 0 bridgehead atoms. The lowest BCUT2D eigenvalue weighted by atomic mass is 9.73. The van der Waals surface area contributed by atoms with E-state index in [1.54, 1.807) is 34.5 Å². The number of methoxy groups -OCH3 is 3. The molecule has 0 saturated carbocycles. The van der Waals surface area contributed by atoms with Crippen LogP contribution in [0.1, 0.15) is 50.8 Å². The minimum absolute atomic E-state index is 0.00258. The molecule has 0 aromatic heterocycles. The van der Waals surface area contributed by atoms with Crippen molar-refractivity contribution in [3.63, 3.8) is 0 Å². The van der Waals surface area contributed by atoms with Crippen molar-refractivity contribution < 1.29 is 33.3 Å². The molecule has 8 nitrogen and oxygen atoms in total. The molecule has 0 N–H and O–H groups in total. The van der Waals surface area contributed by atoms with Crippen molar-refractivity contribution in [2.45, 2.75) is 52.1 Å². The Morgan fingerprint density at radius 2 is 1.85 bits per heavy atom. The number of ether oxygens (including phenoxy) is 5.